The van der Waals surface area contributed by atoms with Crippen molar-refractivity contribution in [2.75, 3.05) is 0 Å². The number of nitrogens with zero attached hydrogens (tertiary/aromatic N) is 1. The van der Waals surface area contributed by atoms with Gasteiger partial charge in [-0.15, -0.1) is 0 Å². The first-order valence-electron chi connectivity index (χ1n) is 5.33. The van der Waals surface area contributed by atoms with E-state index in [0.29, 0.717) is 11.6 Å². The summed E-state index contributed by atoms with van der Waals surface area (Å²) >= 11 is 0. The summed E-state index contributed by atoms with van der Waals surface area (Å²) in [6.45, 7) is -0.0182. The Morgan fingerprint density at radius 3 is 2.56 bits per heavy atom. The number of carbonyl (C=O) groups excluding carboxylic acids is 1. The number of ether oxygens (including phenoxy) is 1. The number of aliphatic hydroxyl groups is 1. The normalized spacial score (nSPS) is 10.1. The lowest BCUT2D eigenvalue weighted by atomic mass is 10.2. The van der Waals surface area contributed by atoms with Crippen molar-refractivity contribution >= 4 is 5.91 Å². The summed E-state index contributed by atoms with van der Waals surface area (Å²) in [6, 6.07) is 11.7. The molecule has 1 heterocycles. The summed E-state index contributed by atoms with van der Waals surface area (Å²) in [6.07, 6.45) is 0. The van der Waals surface area contributed by atoms with E-state index in [1.54, 1.807) is 36.4 Å². The van der Waals surface area contributed by atoms with Crippen LogP contribution in [0.15, 0.2) is 42.5 Å². The number of aromatic nitrogens is 1. The van der Waals surface area contributed by atoms with Crippen LogP contribution in [0.4, 0.5) is 0 Å². The number of benzene rings is 1. The molecular formula is C13H12N2O3. The Bertz CT molecular complexity index is 552. The minimum absolute atomic E-state index is 0.0182. The zero-order valence-corrected chi connectivity index (χ0v) is 9.54. The number of carbonyl (C=O) groups is 1. The molecule has 2 rings (SSSR count). The van der Waals surface area contributed by atoms with Gasteiger partial charge in [-0.1, -0.05) is 18.2 Å². The molecule has 1 aromatic heterocycles. The maximum Gasteiger partial charge on any atom is 0.267 e. The van der Waals surface area contributed by atoms with Crippen LogP contribution < -0.4 is 10.5 Å². The Labute approximate surface area is 104 Å². The number of rotatable bonds is 4. The Kier molecular flexibility index (Phi) is 3.54. The summed E-state index contributed by atoms with van der Waals surface area (Å²) in [5.41, 5.74) is 6.07. The van der Waals surface area contributed by atoms with Crippen molar-refractivity contribution in [2.45, 2.75) is 6.61 Å². The summed E-state index contributed by atoms with van der Waals surface area (Å²) in [5.74, 6) is 0.264. The number of hydrogen-bond acceptors (Lipinski definition) is 4. The van der Waals surface area contributed by atoms with Gasteiger partial charge in [0.25, 0.3) is 5.91 Å². The van der Waals surface area contributed by atoms with Gasteiger partial charge in [-0.05, 0) is 23.8 Å². The molecule has 5 heteroatoms. The van der Waals surface area contributed by atoms with E-state index in [4.69, 9.17) is 15.6 Å². The molecule has 18 heavy (non-hydrogen) atoms. The second kappa shape index (κ2) is 5.29. The molecule has 0 saturated heterocycles. The highest BCUT2D eigenvalue weighted by Crippen LogP contribution is 2.19. The van der Waals surface area contributed by atoms with Gasteiger partial charge in [0.1, 0.15) is 11.4 Å². The number of amides is 1. The SMILES string of the molecule is NC(=O)c1cccc(Oc2ccc(CO)cc2)n1. The van der Waals surface area contributed by atoms with Crippen molar-refractivity contribution in [2.24, 2.45) is 5.73 Å². The van der Waals surface area contributed by atoms with Crippen molar-refractivity contribution in [3.8, 4) is 11.6 Å². The van der Waals surface area contributed by atoms with Gasteiger partial charge in [0.15, 0.2) is 0 Å². The third-order valence-corrected chi connectivity index (χ3v) is 2.30. The van der Waals surface area contributed by atoms with Crippen molar-refractivity contribution in [1.82, 2.24) is 4.98 Å². The maximum atomic E-state index is 11.0. The van der Waals surface area contributed by atoms with Gasteiger partial charge in [-0.2, -0.15) is 0 Å². The molecule has 0 spiro atoms. The molecule has 0 aliphatic rings. The monoisotopic (exact) mass is 244 g/mol. The van der Waals surface area contributed by atoms with Crippen LogP contribution in [0.25, 0.3) is 0 Å². The molecule has 5 nitrogen and oxygen atoms in total. The number of primary amides is 1. The van der Waals surface area contributed by atoms with Crippen LogP contribution in [0.3, 0.4) is 0 Å². The average Bonchev–Trinajstić information content (AvgIpc) is 2.40. The van der Waals surface area contributed by atoms with Crippen LogP contribution in [-0.2, 0) is 6.61 Å². The Morgan fingerprint density at radius 2 is 1.94 bits per heavy atom. The van der Waals surface area contributed by atoms with Crippen molar-refractivity contribution < 1.29 is 14.6 Å². The molecule has 1 amide bonds. The number of aliphatic hydroxyl groups excluding tert-OH is 1. The van der Waals surface area contributed by atoms with E-state index in [9.17, 15) is 4.79 Å². The van der Waals surface area contributed by atoms with E-state index < -0.39 is 5.91 Å². The number of nitrogens with two attached hydrogens (primary N) is 1. The van der Waals surface area contributed by atoms with Gasteiger partial charge < -0.3 is 15.6 Å². The van der Waals surface area contributed by atoms with Crippen LogP contribution in [0, 0.1) is 0 Å². The third kappa shape index (κ3) is 2.83. The first-order chi connectivity index (χ1) is 8.69. The minimum Gasteiger partial charge on any atom is -0.439 e. The lowest BCUT2D eigenvalue weighted by molar-refractivity contribution is 0.0995. The summed E-state index contributed by atoms with van der Waals surface area (Å²) < 4.78 is 5.47. The summed E-state index contributed by atoms with van der Waals surface area (Å²) in [7, 11) is 0. The largest absolute Gasteiger partial charge is 0.439 e. The molecule has 0 aliphatic heterocycles. The Hall–Kier alpha value is -2.40. The molecule has 0 atom stereocenters. The van der Waals surface area contributed by atoms with Crippen LogP contribution >= 0.6 is 0 Å². The van der Waals surface area contributed by atoms with Crippen molar-refractivity contribution in [1.29, 1.82) is 0 Å². The molecule has 2 aromatic rings. The van der Waals surface area contributed by atoms with E-state index in [1.165, 1.54) is 6.07 Å². The van der Waals surface area contributed by atoms with Crippen LogP contribution in [0.1, 0.15) is 16.1 Å². The fourth-order valence-corrected chi connectivity index (χ4v) is 1.39. The van der Waals surface area contributed by atoms with Gasteiger partial charge in [0.05, 0.1) is 6.61 Å². The third-order valence-electron chi connectivity index (χ3n) is 2.30. The fraction of sp³-hybridized carbons (Fsp3) is 0.0769. The van der Waals surface area contributed by atoms with E-state index in [2.05, 4.69) is 4.98 Å². The maximum absolute atomic E-state index is 11.0. The zero-order chi connectivity index (χ0) is 13.0. The zero-order valence-electron chi connectivity index (χ0n) is 9.54. The van der Waals surface area contributed by atoms with E-state index in [-0.39, 0.29) is 12.3 Å². The van der Waals surface area contributed by atoms with Gasteiger partial charge in [-0.25, -0.2) is 4.98 Å². The topological polar surface area (TPSA) is 85.4 Å². The molecule has 0 saturated carbocycles. The fourth-order valence-electron chi connectivity index (χ4n) is 1.39. The summed E-state index contributed by atoms with van der Waals surface area (Å²) in [4.78, 5) is 14.9. The van der Waals surface area contributed by atoms with E-state index >= 15 is 0 Å². The first-order valence-corrected chi connectivity index (χ1v) is 5.33. The predicted molar refractivity (Wildman–Crippen MR) is 65.2 cm³/mol. The quantitative estimate of drug-likeness (QED) is 0.852. The molecule has 92 valence electrons. The smallest absolute Gasteiger partial charge is 0.267 e. The molecule has 0 unspecified atom stereocenters. The van der Waals surface area contributed by atoms with Gasteiger partial charge in [-0.3, -0.25) is 4.79 Å². The van der Waals surface area contributed by atoms with Crippen LogP contribution in [0.2, 0.25) is 0 Å². The summed E-state index contributed by atoms with van der Waals surface area (Å²) in [5, 5.41) is 8.91. The van der Waals surface area contributed by atoms with Crippen LogP contribution in [-0.4, -0.2) is 16.0 Å². The minimum atomic E-state index is -0.601. The Balaban J connectivity index is 2.17. The number of hydrogen-bond donors (Lipinski definition) is 2. The van der Waals surface area contributed by atoms with E-state index in [0.717, 1.165) is 5.56 Å². The highest BCUT2D eigenvalue weighted by molar-refractivity contribution is 5.90. The molecule has 0 fully saturated rings. The average molecular weight is 244 g/mol. The standard InChI is InChI=1S/C13H12N2O3/c14-13(17)11-2-1-3-12(15-11)18-10-6-4-9(8-16)5-7-10/h1-7,16H,8H2,(H2,14,17). The molecule has 0 aliphatic carbocycles. The highest BCUT2D eigenvalue weighted by atomic mass is 16.5. The highest BCUT2D eigenvalue weighted by Gasteiger charge is 2.04. The lowest BCUT2D eigenvalue weighted by Gasteiger charge is -2.05. The molecular weight excluding hydrogens is 232 g/mol. The molecule has 1 aromatic carbocycles. The Morgan fingerprint density at radius 1 is 1.22 bits per heavy atom. The van der Waals surface area contributed by atoms with Gasteiger partial charge in [0, 0.05) is 6.07 Å². The van der Waals surface area contributed by atoms with Crippen LogP contribution in [0.5, 0.6) is 11.6 Å². The van der Waals surface area contributed by atoms with Gasteiger partial charge >= 0.3 is 0 Å². The molecule has 0 bridgehead atoms. The lowest BCUT2D eigenvalue weighted by Crippen LogP contribution is -2.12. The van der Waals surface area contributed by atoms with E-state index in [1.807, 2.05) is 0 Å². The predicted octanol–water partition coefficient (Wildman–Crippen LogP) is 1.47. The van der Waals surface area contributed by atoms with Gasteiger partial charge in [0.2, 0.25) is 5.88 Å². The molecule has 0 radical (unpaired) electrons. The second-order valence-electron chi connectivity index (χ2n) is 3.63. The van der Waals surface area contributed by atoms with Crippen molar-refractivity contribution in [3.63, 3.8) is 0 Å². The number of pyridine rings is 1. The first kappa shape index (κ1) is 12.1. The second-order valence-corrected chi connectivity index (χ2v) is 3.63. The molecule has 3 N–H and O–H groups in total. The van der Waals surface area contributed by atoms with Crippen molar-refractivity contribution in [3.05, 3.63) is 53.7 Å².